The molecule has 4 rings (SSSR count). The first-order valence-corrected chi connectivity index (χ1v) is 12.3. The smallest absolute Gasteiger partial charge is 0.268 e. The van der Waals surface area contributed by atoms with E-state index >= 15 is 0 Å². The van der Waals surface area contributed by atoms with E-state index in [9.17, 15) is 13.2 Å². The molecular formula is C27H22BrNO4S. The average molecular weight is 542 g/mol. The Hall–Kier alpha value is -3.42. The summed E-state index contributed by atoms with van der Waals surface area (Å²) >= 11 is 2.88. The van der Waals surface area contributed by atoms with Gasteiger partial charge in [-0.3, -0.25) is 4.79 Å². The van der Waals surface area contributed by atoms with Crippen molar-refractivity contribution in [1.29, 1.82) is 0 Å². The number of sulfonamides is 1. The monoisotopic (exact) mass is 541 g/mol. The van der Waals surface area contributed by atoms with Crippen LogP contribution in [0.3, 0.4) is 0 Å². The van der Waals surface area contributed by atoms with Crippen molar-refractivity contribution in [1.82, 2.24) is 4.72 Å². The molecule has 0 atom stereocenters. The summed E-state index contributed by atoms with van der Waals surface area (Å²) in [6.07, 6.45) is 3.00. The van der Waals surface area contributed by atoms with Gasteiger partial charge in [0.15, 0.2) is 0 Å². The molecule has 4 aromatic carbocycles. The van der Waals surface area contributed by atoms with Crippen LogP contribution in [0.15, 0.2) is 100 Å². The molecular weight excluding hydrogens is 514 g/mol. The van der Waals surface area contributed by atoms with Crippen LogP contribution in [0.5, 0.6) is 5.75 Å². The van der Waals surface area contributed by atoms with Crippen LogP contribution in [0.4, 0.5) is 0 Å². The number of halogens is 1. The van der Waals surface area contributed by atoms with Crippen LogP contribution in [0, 0.1) is 0 Å². The lowest BCUT2D eigenvalue weighted by atomic mass is 9.97. The van der Waals surface area contributed by atoms with Gasteiger partial charge in [-0.25, -0.2) is 13.1 Å². The second-order valence-corrected chi connectivity index (χ2v) is 9.72. The van der Waals surface area contributed by atoms with Crippen molar-refractivity contribution in [3.63, 3.8) is 0 Å². The minimum atomic E-state index is -4.89. The topological polar surface area (TPSA) is 72.5 Å². The van der Waals surface area contributed by atoms with E-state index in [1.165, 1.54) is 6.08 Å². The Bertz CT molecular complexity index is 1760. The summed E-state index contributed by atoms with van der Waals surface area (Å²) in [6.45, 7) is 0. The fraction of sp³-hybridized carbons (Fsp3) is 0.0741. The summed E-state index contributed by atoms with van der Waals surface area (Å²) in [5.41, 5.74) is 2.61. The van der Waals surface area contributed by atoms with Gasteiger partial charge >= 0.3 is 0 Å². The Morgan fingerprint density at radius 1 is 1.09 bits per heavy atom. The predicted octanol–water partition coefficient (Wildman–Crippen LogP) is 5.72. The summed E-state index contributed by atoms with van der Waals surface area (Å²) in [7, 11) is -8.06. The number of rotatable bonds is 7. The molecule has 5 nitrogen and oxygen atoms in total. The minimum Gasteiger partial charge on any atom is -0.495 e. The van der Waals surface area contributed by atoms with Crippen molar-refractivity contribution < 1.29 is 26.2 Å². The second kappa shape index (κ2) is 10.2. The highest BCUT2D eigenvalue weighted by molar-refractivity contribution is 9.10. The van der Waals surface area contributed by atoms with Gasteiger partial charge in [-0.05, 0) is 58.1 Å². The maximum absolute atomic E-state index is 13.1. The molecule has 0 spiro atoms. The van der Waals surface area contributed by atoms with Gasteiger partial charge in [0.05, 0.1) is 15.3 Å². The Morgan fingerprint density at radius 3 is 2.68 bits per heavy atom. The van der Waals surface area contributed by atoms with E-state index in [4.69, 9.17) is 8.22 Å². The van der Waals surface area contributed by atoms with Crippen LogP contribution in [0.1, 0.15) is 24.9 Å². The van der Waals surface area contributed by atoms with Crippen LogP contribution in [0.2, 0.25) is 0 Å². The zero-order valence-corrected chi connectivity index (χ0v) is 20.0. The third-order valence-corrected chi connectivity index (χ3v) is 6.69. The number of nitrogens with one attached hydrogen (secondary N) is 1. The van der Waals surface area contributed by atoms with Crippen LogP contribution >= 0.6 is 15.9 Å². The first-order chi connectivity index (χ1) is 18.8. The Morgan fingerprint density at radius 2 is 1.85 bits per heavy atom. The molecule has 1 amide bonds. The van der Waals surface area contributed by atoms with Crippen molar-refractivity contribution in [2.45, 2.75) is 11.3 Å². The van der Waals surface area contributed by atoms with Gasteiger partial charge in [-0.2, -0.15) is 0 Å². The molecule has 0 saturated carbocycles. The number of benzene rings is 4. The van der Waals surface area contributed by atoms with Gasteiger partial charge in [-0.1, -0.05) is 82.7 Å². The third-order valence-electron chi connectivity index (χ3n) is 5.00. The molecule has 0 fully saturated rings. The quantitative estimate of drug-likeness (QED) is 0.303. The zero-order chi connectivity index (χ0) is 29.2. The lowest BCUT2D eigenvalue weighted by molar-refractivity contribution is -0.114. The zero-order valence-electron chi connectivity index (χ0n) is 23.6. The van der Waals surface area contributed by atoms with Gasteiger partial charge in [0.1, 0.15) is 10.6 Å². The van der Waals surface area contributed by atoms with Crippen LogP contribution in [-0.4, -0.2) is 21.4 Å². The largest absolute Gasteiger partial charge is 0.495 e. The summed E-state index contributed by atoms with van der Waals surface area (Å²) < 4.78 is 78.2. The van der Waals surface area contributed by atoms with E-state index in [2.05, 4.69) is 26.7 Å². The van der Waals surface area contributed by atoms with Gasteiger partial charge in [0, 0.05) is 10.5 Å². The number of ether oxygens (including phenoxy) is 1. The summed E-state index contributed by atoms with van der Waals surface area (Å²) in [6, 6.07) is 19.0. The van der Waals surface area contributed by atoms with Gasteiger partial charge < -0.3 is 4.74 Å². The highest BCUT2D eigenvalue weighted by Crippen LogP contribution is 2.27. The molecule has 0 aliphatic rings. The van der Waals surface area contributed by atoms with E-state index in [1.807, 2.05) is 48.5 Å². The van der Waals surface area contributed by atoms with Crippen molar-refractivity contribution in [2.24, 2.45) is 0 Å². The van der Waals surface area contributed by atoms with Gasteiger partial charge in [-0.15, -0.1) is 0 Å². The van der Waals surface area contributed by atoms with Gasteiger partial charge in [0.2, 0.25) is 0 Å². The lowest BCUT2D eigenvalue weighted by Crippen LogP contribution is -2.29. The number of carbonyl (C=O) groups excluding carboxylic acids is 1. The molecule has 0 unspecified atom stereocenters. The first-order valence-electron chi connectivity index (χ1n) is 13.1. The SMILES string of the molecule is [2H]c1c([2H])c(OC([2H])([2H])[2H])c(S(=O)(=O)NC(=O)/C=C/c2ccccc2Cc2ccc3ccccc3c2)c([2H])c1Br. The summed E-state index contributed by atoms with van der Waals surface area (Å²) in [5.74, 6) is -2.10. The number of fused-ring (bicyclic) bond motifs is 1. The Balaban J connectivity index is 1.60. The Kier molecular flexibility index (Phi) is 5.14. The molecule has 0 aliphatic heterocycles. The molecule has 0 radical (unpaired) electrons. The first kappa shape index (κ1) is 17.1. The molecule has 7 heteroatoms. The highest BCUT2D eigenvalue weighted by Gasteiger charge is 2.21. The maximum atomic E-state index is 13.1. The summed E-state index contributed by atoms with van der Waals surface area (Å²) in [5, 5.41) is 2.21. The van der Waals surface area contributed by atoms with Crippen molar-refractivity contribution >= 4 is 48.7 Å². The number of methoxy groups -OCH3 is 1. The van der Waals surface area contributed by atoms with Crippen molar-refractivity contribution in [3.8, 4) is 5.75 Å². The average Bonchev–Trinajstić information content (AvgIpc) is 2.89. The summed E-state index contributed by atoms with van der Waals surface area (Å²) in [4.78, 5) is 11.6. The number of hydrogen-bond donors (Lipinski definition) is 1. The molecule has 0 aromatic heterocycles. The molecule has 34 heavy (non-hydrogen) atoms. The maximum Gasteiger partial charge on any atom is 0.268 e. The molecule has 1 N–H and O–H groups in total. The van der Waals surface area contributed by atoms with E-state index in [0.717, 1.165) is 28.0 Å². The Labute approximate surface area is 215 Å². The molecule has 0 aliphatic carbocycles. The molecule has 0 heterocycles. The van der Waals surface area contributed by atoms with Crippen LogP contribution in [0.25, 0.3) is 16.8 Å². The molecule has 4 aromatic rings. The number of carbonyl (C=O) groups is 1. The fourth-order valence-corrected chi connectivity index (χ4v) is 4.86. The van der Waals surface area contributed by atoms with Crippen molar-refractivity contribution in [2.75, 3.05) is 7.04 Å². The molecule has 172 valence electrons. The van der Waals surface area contributed by atoms with Gasteiger partial charge in [0.25, 0.3) is 15.9 Å². The van der Waals surface area contributed by atoms with Crippen LogP contribution in [-0.2, 0) is 21.2 Å². The second-order valence-electron chi connectivity index (χ2n) is 7.31. The molecule has 0 bridgehead atoms. The van der Waals surface area contributed by atoms with E-state index < -0.39 is 51.7 Å². The van der Waals surface area contributed by atoms with Crippen molar-refractivity contribution in [3.05, 3.63) is 112 Å². The van der Waals surface area contributed by atoms with E-state index in [-0.39, 0.29) is 4.47 Å². The minimum absolute atomic E-state index is 0.374. The van der Waals surface area contributed by atoms with E-state index in [1.54, 1.807) is 16.9 Å². The number of hydrogen-bond acceptors (Lipinski definition) is 4. The molecule has 0 saturated heterocycles. The normalized spacial score (nSPS) is 14.5. The standard InChI is InChI=1S/C27H22BrNO4S/c1-33-25-14-13-24(28)18-26(25)34(31,32)29-27(30)15-12-21-7-3-5-9-23(21)17-19-10-11-20-6-2-4-8-22(20)16-19/h2-16,18H,17H2,1H3,(H,29,30)/b15-12+/i1D3,13D,14D,18D. The number of amides is 1. The fourth-order valence-electron chi connectivity index (χ4n) is 3.43. The van der Waals surface area contributed by atoms with E-state index in [0.29, 0.717) is 12.0 Å². The van der Waals surface area contributed by atoms with Crippen LogP contribution < -0.4 is 9.46 Å². The third kappa shape index (κ3) is 5.55. The predicted molar refractivity (Wildman–Crippen MR) is 138 cm³/mol. The highest BCUT2D eigenvalue weighted by atomic mass is 79.9. The lowest BCUT2D eigenvalue weighted by Gasteiger charge is -2.10.